The average Bonchev–Trinajstić information content (AvgIpc) is 2.65. The highest BCUT2D eigenvalue weighted by Gasteiger charge is 2.41. The van der Waals surface area contributed by atoms with Crippen LogP contribution in [0.1, 0.15) is 39.5 Å². The molecule has 0 radical (unpaired) electrons. The van der Waals surface area contributed by atoms with Gasteiger partial charge in [-0.25, -0.2) is 0 Å². The van der Waals surface area contributed by atoms with Gasteiger partial charge < -0.3 is 4.74 Å². The first-order chi connectivity index (χ1) is 4.33. The molecule has 54 valence electrons. The highest BCUT2D eigenvalue weighted by atomic mass is 16.6. The van der Waals surface area contributed by atoms with Gasteiger partial charge in [-0.1, -0.05) is 26.7 Å². The first-order valence-electron chi connectivity index (χ1n) is 3.97. The highest BCUT2D eigenvalue weighted by Crippen LogP contribution is 2.35. The van der Waals surface area contributed by atoms with Crippen molar-refractivity contribution in [3.63, 3.8) is 0 Å². The van der Waals surface area contributed by atoms with E-state index in [9.17, 15) is 0 Å². The molecule has 1 aliphatic heterocycles. The van der Waals surface area contributed by atoms with Crippen molar-refractivity contribution >= 4 is 0 Å². The van der Waals surface area contributed by atoms with Crippen LogP contribution in [0.4, 0.5) is 0 Å². The molecular formula is C8H16O. The van der Waals surface area contributed by atoms with E-state index in [0.717, 1.165) is 6.61 Å². The Morgan fingerprint density at radius 1 is 1.44 bits per heavy atom. The van der Waals surface area contributed by atoms with Gasteiger partial charge in [0.2, 0.25) is 0 Å². The van der Waals surface area contributed by atoms with Crippen LogP contribution in [-0.2, 0) is 4.74 Å². The van der Waals surface area contributed by atoms with Gasteiger partial charge in [0.05, 0.1) is 12.2 Å². The Labute approximate surface area is 57.4 Å². The van der Waals surface area contributed by atoms with Gasteiger partial charge in [-0.3, -0.25) is 0 Å². The maximum Gasteiger partial charge on any atom is 0.0914 e. The molecule has 9 heavy (non-hydrogen) atoms. The lowest BCUT2D eigenvalue weighted by atomic mass is 10.0. The molecule has 1 atom stereocenters. The molecule has 1 nitrogen and oxygen atoms in total. The number of hydrogen-bond acceptors (Lipinski definition) is 1. The monoisotopic (exact) mass is 128 g/mol. The predicted octanol–water partition coefficient (Wildman–Crippen LogP) is 2.36. The second-order valence-corrected chi connectivity index (χ2v) is 2.93. The molecular weight excluding hydrogens is 112 g/mol. The summed E-state index contributed by atoms with van der Waals surface area (Å²) < 4.78 is 5.35. The lowest BCUT2D eigenvalue weighted by molar-refractivity contribution is 0.276. The van der Waals surface area contributed by atoms with Crippen molar-refractivity contribution < 1.29 is 4.74 Å². The fourth-order valence-corrected chi connectivity index (χ4v) is 1.13. The third kappa shape index (κ3) is 1.68. The standard InChI is InChI=1S/C8H16O/c1-3-5-6-8(4-2)7-9-8/h3-7H2,1-2H3/t8-/m1/s1. The van der Waals surface area contributed by atoms with Crippen molar-refractivity contribution in [1.29, 1.82) is 0 Å². The summed E-state index contributed by atoms with van der Waals surface area (Å²) in [5, 5.41) is 0. The van der Waals surface area contributed by atoms with E-state index in [1.807, 2.05) is 0 Å². The van der Waals surface area contributed by atoms with Crippen molar-refractivity contribution in [3.05, 3.63) is 0 Å². The second-order valence-electron chi connectivity index (χ2n) is 2.93. The fourth-order valence-electron chi connectivity index (χ4n) is 1.13. The van der Waals surface area contributed by atoms with Gasteiger partial charge in [0.1, 0.15) is 0 Å². The third-order valence-corrected chi connectivity index (χ3v) is 2.18. The third-order valence-electron chi connectivity index (χ3n) is 2.18. The molecule has 0 aromatic heterocycles. The summed E-state index contributed by atoms with van der Waals surface area (Å²) in [5.74, 6) is 0. The van der Waals surface area contributed by atoms with Crippen LogP contribution in [0, 0.1) is 0 Å². The molecule has 0 aliphatic carbocycles. The van der Waals surface area contributed by atoms with E-state index in [-0.39, 0.29) is 0 Å². The van der Waals surface area contributed by atoms with Crippen LogP contribution < -0.4 is 0 Å². The Balaban J connectivity index is 2.10. The van der Waals surface area contributed by atoms with E-state index in [2.05, 4.69) is 13.8 Å². The van der Waals surface area contributed by atoms with Gasteiger partial charge in [-0.05, 0) is 12.8 Å². The lowest BCUT2D eigenvalue weighted by Gasteiger charge is -2.05. The molecule has 0 aromatic carbocycles. The van der Waals surface area contributed by atoms with Gasteiger partial charge >= 0.3 is 0 Å². The molecule has 1 saturated heterocycles. The fraction of sp³-hybridized carbons (Fsp3) is 1.00. The molecule has 0 saturated carbocycles. The molecule has 1 fully saturated rings. The number of ether oxygens (including phenoxy) is 1. The molecule has 1 heteroatoms. The largest absolute Gasteiger partial charge is 0.370 e. The van der Waals surface area contributed by atoms with Gasteiger partial charge in [-0.15, -0.1) is 0 Å². The van der Waals surface area contributed by atoms with Crippen LogP contribution in [-0.4, -0.2) is 12.2 Å². The minimum atomic E-state index is 0.343. The quantitative estimate of drug-likeness (QED) is 0.529. The Hall–Kier alpha value is -0.0400. The van der Waals surface area contributed by atoms with E-state index in [0.29, 0.717) is 5.60 Å². The Morgan fingerprint density at radius 3 is 2.44 bits per heavy atom. The zero-order valence-corrected chi connectivity index (χ0v) is 6.44. The smallest absolute Gasteiger partial charge is 0.0914 e. The average molecular weight is 128 g/mol. The summed E-state index contributed by atoms with van der Waals surface area (Å²) in [6.07, 6.45) is 5.10. The van der Waals surface area contributed by atoms with Crippen molar-refractivity contribution in [1.82, 2.24) is 0 Å². The first kappa shape index (κ1) is 7.07. The summed E-state index contributed by atoms with van der Waals surface area (Å²) in [7, 11) is 0. The van der Waals surface area contributed by atoms with Crippen LogP contribution in [0.3, 0.4) is 0 Å². The molecule has 1 aliphatic rings. The van der Waals surface area contributed by atoms with Crippen LogP contribution in [0.25, 0.3) is 0 Å². The molecule has 0 bridgehead atoms. The predicted molar refractivity (Wildman–Crippen MR) is 38.5 cm³/mol. The van der Waals surface area contributed by atoms with Crippen LogP contribution in [0.15, 0.2) is 0 Å². The van der Waals surface area contributed by atoms with E-state index in [1.165, 1.54) is 25.7 Å². The Kier molecular flexibility index (Phi) is 2.12. The molecule has 1 heterocycles. The van der Waals surface area contributed by atoms with Crippen molar-refractivity contribution in [3.8, 4) is 0 Å². The van der Waals surface area contributed by atoms with Crippen LogP contribution >= 0.6 is 0 Å². The minimum Gasteiger partial charge on any atom is -0.370 e. The van der Waals surface area contributed by atoms with Crippen molar-refractivity contribution in [2.45, 2.75) is 45.1 Å². The molecule has 0 aromatic rings. The van der Waals surface area contributed by atoms with Gasteiger partial charge in [-0.2, -0.15) is 0 Å². The number of epoxide rings is 1. The zero-order chi connectivity index (χ0) is 6.74. The summed E-state index contributed by atoms with van der Waals surface area (Å²) >= 11 is 0. The Bertz CT molecular complexity index is 84.6. The van der Waals surface area contributed by atoms with Gasteiger partial charge in [0.15, 0.2) is 0 Å². The first-order valence-corrected chi connectivity index (χ1v) is 3.97. The van der Waals surface area contributed by atoms with Crippen LogP contribution in [0.2, 0.25) is 0 Å². The number of hydrogen-bond donors (Lipinski definition) is 0. The van der Waals surface area contributed by atoms with Crippen molar-refractivity contribution in [2.24, 2.45) is 0 Å². The minimum absolute atomic E-state index is 0.343. The van der Waals surface area contributed by atoms with E-state index in [4.69, 9.17) is 4.74 Å². The second kappa shape index (κ2) is 2.70. The molecule has 0 N–H and O–H groups in total. The van der Waals surface area contributed by atoms with Gasteiger partial charge in [0.25, 0.3) is 0 Å². The maximum atomic E-state index is 5.35. The molecule has 1 rings (SSSR count). The summed E-state index contributed by atoms with van der Waals surface area (Å²) in [6, 6.07) is 0. The SMILES string of the molecule is CCCC[C@]1(CC)CO1. The molecule has 0 spiro atoms. The highest BCUT2D eigenvalue weighted by molar-refractivity contribution is 4.89. The van der Waals surface area contributed by atoms with E-state index in [1.54, 1.807) is 0 Å². The topological polar surface area (TPSA) is 12.5 Å². The van der Waals surface area contributed by atoms with Crippen LogP contribution in [0.5, 0.6) is 0 Å². The number of unbranched alkanes of at least 4 members (excludes halogenated alkanes) is 1. The normalized spacial score (nSPS) is 32.7. The van der Waals surface area contributed by atoms with Crippen molar-refractivity contribution in [2.75, 3.05) is 6.61 Å². The van der Waals surface area contributed by atoms with E-state index >= 15 is 0 Å². The van der Waals surface area contributed by atoms with Gasteiger partial charge in [0, 0.05) is 0 Å². The van der Waals surface area contributed by atoms with E-state index < -0.39 is 0 Å². The summed E-state index contributed by atoms with van der Waals surface area (Å²) in [5.41, 5.74) is 0.343. The Morgan fingerprint density at radius 2 is 2.11 bits per heavy atom. The lowest BCUT2D eigenvalue weighted by Crippen LogP contribution is -2.07. The summed E-state index contributed by atoms with van der Waals surface area (Å²) in [4.78, 5) is 0. The summed E-state index contributed by atoms with van der Waals surface area (Å²) in [6.45, 7) is 5.46. The number of rotatable bonds is 4. The maximum absolute atomic E-state index is 5.35. The molecule has 0 unspecified atom stereocenters. The zero-order valence-electron chi connectivity index (χ0n) is 6.44. The molecule has 0 amide bonds.